The Labute approximate surface area is 112 Å². The molecule has 18 heavy (non-hydrogen) atoms. The van der Waals surface area contributed by atoms with E-state index in [-0.39, 0.29) is 0 Å². The van der Waals surface area contributed by atoms with Crippen molar-refractivity contribution in [2.75, 3.05) is 0 Å². The average molecular weight is 259 g/mol. The minimum absolute atomic E-state index is 0.642. The van der Waals surface area contributed by atoms with Crippen molar-refractivity contribution < 1.29 is 4.79 Å². The van der Waals surface area contributed by atoms with Gasteiger partial charge in [0.2, 0.25) is 0 Å². The Morgan fingerprint density at radius 1 is 1.39 bits per heavy atom. The van der Waals surface area contributed by atoms with Crippen LogP contribution in [0.4, 0.5) is 0 Å². The molecule has 0 atom stereocenters. The lowest BCUT2D eigenvalue weighted by Crippen LogP contribution is -1.93. The van der Waals surface area contributed by atoms with Crippen LogP contribution in [0.1, 0.15) is 34.8 Å². The zero-order valence-electron chi connectivity index (χ0n) is 10.9. The van der Waals surface area contributed by atoms with Crippen molar-refractivity contribution in [3.63, 3.8) is 0 Å². The van der Waals surface area contributed by atoms with Crippen molar-refractivity contribution in [2.45, 2.75) is 27.2 Å². The molecule has 0 radical (unpaired) electrons. The van der Waals surface area contributed by atoms with Crippen LogP contribution in [-0.2, 0) is 6.42 Å². The van der Waals surface area contributed by atoms with Crippen LogP contribution in [0.3, 0.4) is 0 Å². The van der Waals surface area contributed by atoms with Crippen LogP contribution in [0, 0.1) is 12.8 Å². The lowest BCUT2D eigenvalue weighted by Gasteiger charge is -2.06. The Hall–Kier alpha value is -1.48. The molecule has 0 amide bonds. The number of carbonyl (C=O) groups is 1. The minimum atomic E-state index is 0.642. The molecular weight excluding hydrogens is 242 g/mol. The van der Waals surface area contributed by atoms with E-state index < -0.39 is 0 Å². The molecule has 0 unspecified atom stereocenters. The van der Waals surface area contributed by atoms with Gasteiger partial charge >= 0.3 is 0 Å². The number of aldehydes is 1. The average Bonchev–Trinajstić information content (AvgIpc) is 2.70. The first kappa shape index (κ1) is 13.0. The summed E-state index contributed by atoms with van der Waals surface area (Å²) in [6.07, 6.45) is 1.95. The summed E-state index contributed by atoms with van der Waals surface area (Å²) in [7, 11) is 0. The molecule has 0 aliphatic rings. The fourth-order valence-electron chi connectivity index (χ4n) is 1.94. The number of hydrogen-bond donors (Lipinski definition) is 0. The molecule has 0 saturated heterocycles. The van der Waals surface area contributed by atoms with Crippen LogP contribution in [0.25, 0.3) is 10.6 Å². The lowest BCUT2D eigenvalue weighted by atomic mass is 10.0. The highest BCUT2D eigenvalue weighted by atomic mass is 32.1. The summed E-state index contributed by atoms with van der Waals surface area (Å²) < 4.78 is 0. The van der Waals surface area contributed by atoms with E-state index in [9.17, 15) is 4.79 Å². The molecule has 1 heterocycles. The van der Waals surface area contributed by atoms with E-state index in [0.717, 1.165) is 33.8 Å². The Balaban J connectivity index is 2.34. The van der Waals surface area contributed by atoms with Gasteiger partial charge in [-0.2, -0.15) is 0 Å². The Morgan fingerprint density at radius 2 is 2.17 bits per heavy atom. The maximum atomic E-state index is 10.9. The zero-order valence-corrected chi connectivity index (χ0v) is 11.8. The summed E-state index contributed by atoms with van der Waals surface area (Å²) in [5, 5.41) is 0.931. The summed E-state index contributed by atoms with van der Waals surface area (Å²) in [5.74, 6) is 0.642. The lowest BCUT2D eigenvalue weighted by molar-refractivity contribution is 0.112. The van der Waals surface area contributed by atoms with Gasteiger partial charge in [0.25, 0.3) is 0 Å². The molecular formula is C15H17NOS. The van der Waals surface area contributed by atoms with E-state index in [1.165, 1.54) is 16.9 Å². The highest BCUT2D eigenvalue weighted by Gasteiger charge is 2.09. The second kappa shape index (κ2) is 5.44. The predicted octanol–water partition coefficient (Wildman–Crippen LogP) is 4.13. The van der Waals surface area contributed by atoms with Crippen molar-refractivity contribution in [1.29, 1.82) is 0 Å². The number of aromatic nitrogens is 1. The van der Waals surface area contributed by atoms with Gasteiger partial charge in [-0.05, 0) is 30.9 Å². The van der Waals surface area contributed by atoms with E-state index >= 15 is 0 Å². The summed E-state index contributed by atoms with van der Waals surface area (Å²) in [6, 6.07) is 8.43. The molecule has 2 nitrogen and oxygen atoms in total. The molecule has 1 aromatic carbocycles. The Kier molecular flexibility index (Phi) is 3.92. The van der Waals surface area contributed by atoms with E-state index in [1.807, 2.05) is 6.92 Å². The van der Waals surface area contributed by atoms with Crippen LogP contribution >= 0.6 is 11.3 Å². The highest BCUT2D eigenvalue weighted by Crippen LogP contribution is 2.27. The van der Waals surface area contributed by atoms with Crippen LogP contribution in [0.15, 0.2) is 24.3 Å². The minimum Gasteiger partial charge on any atom is -0.297 e. The first-order valence-corrected chi connectivity index (χ1v) is 6.93. The highest BCUT2D eigenvalue weighted by molar-refractivity contribution is 7.16. The third-order valence-corrected chi connectivity index (χ3v) is 3.89. The van der Waals surface area contributed by atoms with Crippen molar-refractivity contribution in [3.05, 3.63) is 40.4 Å². The standard InChI is InChI=1S/C15H17NOS/c1-10(2)7-12-5-4-6-13(8-12)15-16-11(3)14(9-17)18-15/h4-6,8-10H,7H2,1-3H3. The van der Waals surface area contributed by atoms with E-state index in [4.69, 9.17) is 0 Å². The summed E-state index contributed by atoms with van der Waals surface area (Å²) >= 11 is 1.46. The fourth-order valence-corrected chi connectivity index (χ4v) is 2.82. The molecule has 0 fully saturated rings. The van der Waals surface area contributed by atoms with Gasteiger partial charge in [0.05, 0.1) is 10.6 Å². The number of benzene rings is 1. The van der Waals surface area contributed by atoms with Gasteiger partial charge in [0.15, 0.2) is 6.29 Å². The fraction of sp³-hybridized carbons (Fsp3) is 0.333. The molecule has 94 valence electrons. The molecule has 0 aliphatic carbocycles. The zero-order chi connectivity index (χ0) is 13.1. The topological polar surface area (TPSA) is 30.0 Å². The van der Waals surface area contributed by atoms with Crippen molar-refractivity contribution in [2.24, 2.45) is 5.92 Å². The van der Waals surface area contributed by atoms with Gasteiger partial charge in [0.1, 0.15) is 5.01 Å². The van der Waals surface area contributed by atoms with Crippen molar-refractivity contribution in [3.8, 4) is 10.6 Å². The summed E-state index contributed by atoms with van der Waals surface area (Å²) in [5.41, 5.74) is 3.25. The van der Waals surface area contributed by atoms with Crippen LogP contribution in [0.2, 0.25) is 0 Å². The normalized spacial score (nSPS) is 10.9. The number of thiazole rings is 1. The maximum absolute atomic E-state index is 10.9. The molecule has 2 rings (SSSR count). The molecule has 0 N–H and O–H groups in total. The molecule has 0 saturated carbocycles. The Bertz CT molecular complexity index is 557. The second-order valence-electron chi connectivity index (χ2n) is 4.88. The van der Waals surface area contributed by atoms with E-state index in [0.29, 0.717) is 5.92 Å². The predicted molar refractivity (Wildman–Crippen MR) is 76.2 cm³/mol. The second-order valence-corrected chi connectivity index (χ2v) is 5.92. The third kappa shape index (κ3) is 2.85. The number of aryl methyl sites for hydroxylation is 1. The van der Waals surface area contributed by atoms with Crippen molar-refractivity contribution in [1.82, 2.24) is 4.98 Å². The van der Waals surface area contributed by atoms with Crippen LogP contribution < -0.4 is 0 Å². The molecule has 1 aromatic heterocycles. The van der Waals surface area contributed by atoms with Gasteiger partial charge < -0.3 is 0 Å². The first-order valence-electron chi connectivity index (χ1n) is 6.12. The molecule has 0 spiro atoms. The van der Waals surface area contributed by atoms with Gasteiger partial charge in [-0.3, -0.25) is 4.79 Å². The monoisotopic (exact) mass is 259 g/mol. The number of nitrogens with zero attached hydrogens (tertiary/aromatic N) is 1. The van der Waals surface area contributed by atoms with Gasteiger partial charge in [-0.25, -0.2) is 4.98 Å². The van der Waals surface area contributed by atoms with Gasteiger partial charge in [-0.1, -0.05) is 32.0 Å². The Morgan fingerprint density at radius 3 is 2.78 bits per heavy atom. The SMILES string of the molecule is Cc1nc(-c2cccc(CC(C)C)c2)sc1C=O. The first-order chi connectivity index (χ1) is 8.60. The smallest absolute Gasteiger partial charge is 0.161 e. The molecule has 2 aromatic rings. The summed E-state index contributed by atoms with van der Waals surface area (Å²) in [6.45, 7) is 6.30. The van der Waals surface area contributed by atoms with Crippen LogP contribution in [0.5, 0.6) is 0 Å². The van der Waals surface area contributed by atoms with Gasteiger partial charge in [-0.15, -0.1) is 11.3 Å². The quantitative estimate of drug-likeness (QED) is 0.773. The maximum Gasteiger partial charge on any atom is 0.161 e. The largest absolute Gasteiger partial charge is 0.297 e. The van der Waals surface area contributed by atoms with E-state index in [1.54, 1.807) is 0 Å². The number of carbonyl (C=O) groups excluding carboxylic acids is 1. The van der Waals surface area contributed by atoms with Gasteiger partial charge in [0, 0.05) is 5.56 Å². The van der Waals surface area contributed by atoms with E-state index in [2.05, 4.69) is 43.1 Å². The number of rotatable bonds is 4. The number of hydrogen-bond acceptors (Lipinski definition) is 3. The van der Waals surface area contributed by atoms with Crippen LogP contribution in [-0.4, -0.2) is 11.3 Å². The van der Waals surface area contributed by atoms with Crippen molar-refractivity contribution >= 4 is 17.6 Å². The molecule has 0 aliphatic heterocycles. The molecule has 0 bridgehead atoms. The molecule has 3 heteroatoms. The third-order valence-electron chi connectivity index (χ3n) is 2.76. The summed E-state index contributed by atoms with van der Waals surface area (Å²) in [4.78, 5) is 16.0.